The SMILES string of the molecule is CN(C)c1ncccc1CNCc1cccc2cccnc12. The number of fused-ring (bicyclic) bond motifs is 1. The third-order valence-electron chi connectivity index (χ3n) is 3.64. The second-order valence-corrected chi connectivity index (χ2v) is 5.48. The standard InChI is InChI=1S/C18H20N4/c1-22(2)18-16(9-5-11-21-18)13-19-12-15-7-3-6-14-8-4-10-20-17(14)15/h3-11,19H,12-13H2,1-2H3. The van der Waals surface area contributed by atoms with Gasteiger partial charge in [0.2, 0.25) is 0 Å². The van der Waals surface area contributed by atoms with Crippen LogP contribution in [0, 0.1) is 0 Å². The minimum Gasteiger partial charge on any atom is -0.362 e. The average Bonchev–Trinajstić information content (AvgIpc) is 2.55. The molecule has 3 rings (SSSR count). The molecule has 2 aromatic heterocycles. The molecule has 1 N–H and O–H groups in total. The summed E-state index contributed by atoms with van der Waals surface area (Å²) in [6, 6.07) is 14.4. The fourth-order valence-corrected chi connectivity index (χ4v) is 2.61. The summed E-state index contributed by atoms with van der Waals surface area (Å²) < 4.78 is 0. The van der Waals surface area contributed by atoms with Crippen molar-refractivity contribution in [1.82, 2.24) is 15.3 Å². The number of hydrogen-bond acceptors (Lipinski definition) is 4. The zero-order valence-electron chi connectivity index (χ0n) is 13.0. The molecule has 0 saturated heterocycles. The number of rotatable bonds is 5. The number of anilines is 1. The molecule has 0 unspecified atom stereocenters. The molecule has 4 heteroatoms. The van der Waals surface area contributed by atoms with Crippen LogP contribution >= 0.6 is 0 Å². The third kappa shape index (κ3) is 3.07. The Kier molecular flexibility index (Phi) is 4.30. The second-order valence-electron chi connectivity index (χ2n) is 5.48. The Balaban J connectivity index is 1.73. The van der Waals surface area contributed by atoms with Crippen LogP contribution in [0.1, 0.15) is 11.1 Å². The summed E-state index contributed by atoms with van der Waals surface area (Å²) in [6.45, 7) is 1.57. The minimum absolute atomic E-state index is 0.782. The number of pyridine rings is 2. The van der Waals surface area contributed by atoms with E-state index in [2.05, 4.69) is 45.6 Å². The van der Waals surface area contributed by atoms with Crippen LogP contribution in [-0.4, -0.2) is 24.1 Å². The van der Waals surface area contributed by atoms with E-state index in [1.807, 2.05) is 43.5 Å². The van der Waals surface area contributed by atoms with E-state index in [4.69, 9.17) is 0 Å². The van der Waals surface area contributed by atoms with Crippen molar-refractivity contribution < 1.29 is 0 Å². The van der Waals surface area contributed by atoms with E-state index in [0.29, 0.717) is 0 Å². The van der Waals surface area contributed by atoms with Crippen molar-refractivity contribution in [2.45, 2.75) is 13.1 Å². The van der Waals surface area contributed by atoms with Crippen LogP contribution in [-0.2, 0) is 13.1 Å². The first kappa shape index (κ1) is 14.5. The highest BCUT2D eigenvalue weighted by molar-refractivity contribution is 5.81. The Morgan fingerprint density at radius 1 is 0.864 bits per heavy atom. The molecule has 0 amide bonds. The number of benzene rings is 1. The van der Waals surface area contributed by atoms with Gasteiger partial charge in [0.25, 0.3) is 0 Å². The molecule has 0 aliphatic rings. The van der Waals surface area contributed by atoms with Crippen molar-refractivity contribution in [3.63, 3.8) is 0 Å². The number of hydrogen-bond donors (Lipinski definition) is 1. The van der Waals surface area contributed by atoms with E-state index < -0.39 is 0 Å². The van der Waals surface area contributed by atoms with Gasteiger partial charge in [-0.3, -0.25) is 4.98 Å². The smallest absolute Gasteiger partial charge is 0.132 e. The van der Waals surface area contributed by atoms with Gasteiger partial charge >= 0.3 is 0 Å². The molecule has 0 bridgehead atoms. The second kappa shape index (κ2) is 6.54. The Morgan fingerprint density at radius 3 is 2.41 bits per heavy atom. The van der Waals surface area contributed by atoms with Crippen molar-refractivity contribution in [2.75, 3.05) is 19.0 Å². The molecule has 0 atom stereocenters. The van der Waals surface area contributed by atoms with Crippen molar-refractivity contribution in [3.8, 4) is 0 Å². The van der Waals surface area contributed by atoms with Crippen molar-refractivity contribution >= 4 is 16.7 Å². The van der Waals surface area contributed by atoms with Gasteiger partial charge in [0.1, 0.15) is 5.82 Å². The largest absolute Gasteiger partial charge is 0.362 e. The van der Waals surface area contributed by atoms with Crippen LogP contribution in [0.3, 0.4) is 0 Å². The van der Waals surface area contributed by atoms with Gasteiger partial charge in [0.05, 0.1) is 5.52 Å². The summed E-state index contributed by atoms with van der Waals surface area (Å²) in [4.78, 5) is 11.0. The molecule has 0 spiro atoms. The molecule has 112 valence electrons. The van der Waals surface area contributed by atoms with E-state index in [1.165, 1.54) is 16.5 Å². The first-order valence-electron chi connectivity index (χ1n) is 7.40. The molecular weight excluding hydrogens is 272 g/mol. The van der Waals surface area contributed by atoms with Gasteiger partial charge in [-0.25, -0.2) is 4.98 Å². The first-order valence-corrected chi connectivity index (χ1v) is 7.40. The van der Waals surface area contributed by atoms with E-state index in [0.717, 1.165) is 24.4 Å². The number of nitrogens with one attached hydrogen (secondary N) is 1. The first-order chi connectivity index (χ1) is 10.8. The normalized spacial score (nSPS) is 10.8. The molecule has 0 aliphatic heterocycles. The fourth-order valence-electron chi connectivity index (χ4n) is 2.61. The zero-order chi connectivity index (χ0) is 15.4. The van der Waals surface area contributed by atoms with E-state index >= 15 is 0 Å². The van der Waals surface area contributed by atoms with E-state index in [9.17, 15) is 0 Å². The van der Waals surface area contributed by atoms with Crippen molar-refractivity contribution in [3.05, 3.63) is 66.0 Å². The molecule has 2 heterocycles. The van der Waals surface area contributed by atoms with Gasteiger partial charge in [0, 0.05) is 50.5 Å². The lowest BCUT2D eigenvalue weighted by atomic mass is 10.1. The van der Waals surface area contributed by atoms with Gasteiger partial charge < -0.3 is 10.2 Å². The average molecular weight is 292 g/mol. The summed E-state index contributed by atoms with van der Waals surface area (Å²) >= 11 is 0. The highest BCUT2D eigenvalue weighted by Gasteiger charge is 2.06. The summed E-state index contributed by atoms with van der Waals surface area (Å²) in [6.07, 6.45) is 3.67. The van der Waals surface area contributed by atoms with Crippen LogP contribution < -0.4 is 10.2 Å². The number of para-hydroxylation sites is 1. The quantitative estimate of drug-likeness (QED) is 0.785. The third-order valence-corrected chi connectivity index (χ3v) is 3.64. The van der Waals surface area contributed by atoms with Crippen LogP contribution in [0.4, 0.5) is 5.82 Å². The molecule has 3 aromatic rings. The zero-order valence-corrected chi connectivity index (χ0v) is 13.0. The maximum atomic E-state index is 4.49. The lowest BCUT2D eigenvalue weighted by Crippen LogP contribution is -2.18. The highest BCUT2D eigenvalue weighted by Crippen LogP contribution is 2.17. The number of aromatic nitrogens is 2. The molecule has 0 radical (unpaired) electrons. The van der Waals surface area contributed by atoms with Crippen LogP contribution in [0.5, 0.6) is 0 Å². The van der Waals surface area contributed by atoms with Crippen LogP contribution in [0.15, 0.2) is 54.9 Å². The predicted molar refractivity (Wildman–Crippen MR) is 90.9 cm³/mol. The summed E-state index contributed by atoms with van der Waals surface area (Å²) in [5, 5.41) is 4.68. The fraction of sp³-hybridized carbons (Fsp3) is 0.222. The molecule has 1 aromatic carbocycles. The maximum absolute atomic E-state index is 4.49. The van der Waals surface area contributed by atoms with E-state index in [1.54, 1.807) is 0 Å². The topological polar surface area (TPSA) is 41.1 Å². The van der Waals surface area contributed by atoms with E-state index in [-0.39, 0.29) is 0 Å². The summed E-state index contributed by atoms with van der Waals surface area (Å²) in [5.41, 5.74) is 3.48. The Hall–Kier alpha value is -2.46. The molecule has 22 heavy (non-hydrogen) atoms. The number of nitrogens with zero attached hydrogens (tertiary/aromatic N) is 3. The van der Waals surface area contributed by atoms with Gasteiger partial charge in [-0.15, -0.1) is 0 Å². The van der Waals surface area contributed by atoms with Crippen LogP contribution in [0.25, 0.3) is 10.9 Å². The summed E-state index contributed by atoms with van der Waals surface area (Å²) in [5.74, 6) is 1.01. The van der Waals surface area contributed by atoms with Gasteiger partial charge in [-0.05, 0) is 17.7 Å². The Labute approximate surface area is 130 Å². The molecular formula is C18H20N4. The lowest BCUT2D eigenvalue weighted by Gasteiger charge is -2.16. The highest BCUT2D eigenvalue weighted by atomic mass is 15.1. The molecule has 0 saturated carbocycles. The van der Waals surface area contributed by atoms with Crippen molar-refractivity contribution in [1.29, 1.82) is 0 Å². The minimum atomic E-state index is 0.782. The summed E-state index contributed by atoms with van der Waals surface area (Å²) in [7, 11) is 4.03. The van der Waals surface area contributed by atoms with Gasteiger partial charge in [0.15, 0.2) is 0 Å². The lowest BCUT2D eigenvalue weighted by molar-refractivity contribution is 0.692. The monoisotopic (exact) mass is 292 g/mol. The van der Waals surface area contributed by atoms with Gasteiger partial charge in [-0.2, -0.15) is 0 Å². The predicted octanol–water partition coefficient (Wildman–Crippen LogP) is 2.99. The molecule has 4 nitrogen and oxygen atoms in total. The molecule has 0 fully saturated rings. The Morgan fingerprint density at radius 2 is 1.55 bits per heavy atom. The maximum Gasteiger partial charge on any atom is 0.132 e. The Bertz CT molecular complexity index is 762. The van der Waals surface area contributed by atoms with Crippen molar-refractivity contribution in [2.24, 2.45) is 0 Å². The van der Waals surface area contributed by atoms with Crippen LogP contribution in [0.2, 0.25) is 0 Å². The van der Waals surface area contributed by atoms with Gasteiger partial charge in [-0.1, -0.05) is 30.3 Å². The molecule has 0 aliphatic carbocycles.